The van der Waals surface area contributed by atoms with Crippen LogP contribution in [-0.2, 0) is 9.59 Å². The van der Waals surface area contributed by atoms with Gasteiger partial charge >= 0.3 is 5.97 Å². The molecule has 152 valence electrons. The van der Waals surface area contributed by atoms with Crippen molar-refractivity contribution in [1.82, 2.24) is 0 Å². The predicted octanol–water partition coefficient (Wildman–Crippen LogP) is 4.28. The molecular weight excluding hydrogens is 350 g/mol. The van der Waals surface area contributed by atoms with Crippen molar-refractivity contribution in [1.29, 1.82) is 0 Å². The van der Waals surface area contributed by atoms with Gasteiger partial charge in [-0.1, -0.05) is 64.0 Å². The molecule has 6 heteroatoms. The van der Waals surface area contributed by atoms with E-state index in [4.69, 9.17) is 10.8 Å². The number of aliphatic hydroxyl groups is 1. The summed E-state index contributed by atoms with van der Waals surface area (Å²) >= 11 is 1.46. The van der Waals surface area contributed by atoms with Crippen LogP contribution in [0.2, 0.25) is 0 Å². The highest BCUT2D eigenvalue weighted by Gasteiger charge is 2.18. The number of nitrogens with two attached hydrogens (primary N) is 1. The zero-order valence-corrected chi connectivity index (χ0v) is 17.0. The first-order valence-corrected chi connectivity index (χ1v) is 11.0. The third kappa shape index (κ3) is 16.5. The Morgan fingerprint density at radius 1 is 1.04 bits per heavy atom. The average molecular weight is 388 g/mol. The van der Waals surface area contributed by atoms with Crippen molar-refractivity contribution < 1.29 is 19.8 Å². The van der Waals surface area contributed by atoms with Crippen molar-refractivity contribution in [3.05, 3.63) is 12.2 Å². The van der Waals surface area contributed by atoms with Crippen molar-refractivity contribution in [2.24, 2.45) is 5.73 Å². The molecule has 0 aliphatic heterocycles. The van der Waals surface area contributed by atoms with E-state index in [0.717, 1.165) is 12.8 Å². The van der Waals surface area contributed by atoms with E-state index in [1.54, 1.807) is 0 Å². The predicted molar refractivity (Wildman–Crippen MR) is 109 cm³/mol. The summed E-state index contributed by atoms with van der Waals surface area (Å²) in [5, 5.41) is 18.8. The molecule has 0 aromatic carbocycles. The van der Waals surface area contributed by atoms with E-state index in [2.05, 4.69) is 13.0 Å². The topological polar surface area (TPSA) is 101 Å². The summed E-state index contributed by atoms with van der Waals surface area (Å²) < 4.78 is 0. The summed E-state index contributed by atoms with van der Waals surface area (Å²) in [5.74, 6) is -0.737. The molecule has 0 rings (SSSR count). The van der Waals surface area contributed by atoms with Crippen molar-refractivity contribution in [3.8, 4) is 0 Å². The molecule has 0 saturated heterocycles. The van der Waals surface area contributed by atoms with E-state index in [-0.39, 0.29) is 30.4 Å². The fourth-order valence-electron chi connectivity index (χ4n) is 2.65. The molecule has 0 heterocycles. The van der Waals surface area contributed by atoms with Crippen LogP contribution in [-0.4, -0.2) is 39.2 Å². The second kappa shape index (κ2) is 17.4. The maximum atomic E-state index is 10.9. The molecule has 5 nitrogen and oxygen atoms in total. The van der Waals surface area contributed by atoms with Crippen molar-refractivity contribution in [2.45, 2.75) is 95.3 Å². The van der Waals surface area contributed by atoms with E-state index < -0.39 is 12.1 Å². The molecule has 0 aromatic heterocycles. The zero-order chi connectivity index (χ0) is 19.6. The Balaban J connectivity index is 4.07. The van der Waals surface area contributed by atoms with Crippen LogP contribution in [0.3, 0.4) is 0 Å². The third-order valence-electron chi connectivity index (χ3n) is 4.24. The molecule has 0 radical (unpaired) electrons. The van der Waals surface area contributed by atoms with Gasteiger partial charge in [0.05, 0.1) is 6.10 Å². The van der Waals surface area contributed by atoms with E-state index in [1.165, 1.54) is 56.7 Å². The van der Waals surface area contributed by atoms with Gasteiger partial charge in [-0.3, -0.25) is 9.59 Å². The molecule has 0 saturated carbocycles. The van der Waals surface area contributed by atoms with E-state index in [1.807, 2.05) is 6.08 Å². The number of amides is 1. The largest absolute Gasteiger partial charge is 0.481 e. The molecule has 0 aliphatic carbocycles. The summed E-state index contributed by atoms with van der Waals surface area (Å²) in [5.41, 5.74) is 5.15. The first kappa shape index (κ1) is 25.0. The van der Waals surface area contributed by atoms with Gasteiger partial charge in [-0.25, -0.2) is 0 Å². The second-order valence-corrected chi connectivity index (χ2v) is 8.03. The number of hydrogen-bond donors (Lipinski definition) is 3. The van der Waals surface area contributed by atoms with Crippen LogP contribution in [0.5, 0.6) is 0 Å². The summed E-state index contributed by atoms with van der Waals surface area (Å²) in [6.07, 6.45) is 14.9. The van der Waals surface area contributed by atoms with Gasteiger partial charge in [-0.2, -0.15) is 11.8 Å². The highest BCUT2D eigenvalue weighted by atomic mass is 32.2. The molecule has 0 fully saturated rings. The molecule has 2 atom stereocenters. The van der Waals surface area contributed by atoms with Crippen LogP contribution in [0.25, 0.3) is 0 Å². The maximum absolute atomic E-state index is 10.9. The summed E-state index contributed by atoms with van der Waals surface area (Å²) in [7, 11) is 0. The lowest BCUT2D eigenvalue weighted by Gasteiger charge is -2.18. The summed E-state index contributed by atoms with van der Waals surface area (Å²) in [4.78, 5) is 21.5. The van der Waals surface area contributed by atoms with Crippen LogP contribution in [0.1, 0.15) is 84.0 Å². The number of aliphatic carboxylic acids is 1. The Kier molecular flexibility index (Phi) is 16.7. The lowest BCUT2D eigenvalue weighted by molar-refractivity contribution is -0.137. The molecular formula is C20H37NO4S. The summed E-state index contributed by atoms with van der Waals surface area (Å²) in [6.45, 7) is 2.23. The second-order valence-electron chi connectivity index (χ2n) is 6.74. The molecule has 4 N–H and O–H groups in total. The van der Waals surface area contributed by atoms with Gasteiger partial charge in [-0.05, 0) is 19.3 Å². The lowest BCUT2D eigenvalue weighted by atomic mass is 10.1. The lowest BCUT2D eigenvalue weighted by Crippen LogP contribution is -2.23. The van der Waals surface area contributed by atoms with Gasteiger partial charge < -0.3 is 15.9 Å². The fraction of sp³-hybridized carbons (Fsp3) is 0.800. The van der Waals surface area contributed by atoms with Gasteiger partial charge in [0, 0.05) is 23.8 Å². The number of carbonyl (C=O) groups is 2. The number of allylic oxidation sites excluding steroid dienone is 1. The third-order valence-corrected chi connectivity index (χ3v) is 5.54. The van der Waals surface area contributed by atoms with Gasteiger partial charge in [0.2, 0.25) is 5.91 Å². The summed E-state index contributed by atoms with van der Waals surface area (Å²) in [6, 6.07) is 0. The standard InChI is InChI=1S/C20H37NO4S/c1-2-3-4-5-6-7-8-9-10-11-12-18(26-16-15-19(21)23)17(22)13-14-20(24)25/h11-12,17-18,22H,2-10,13-16H2,1H3,(H2,21,23)(H,24,25)/b12-11-. The van der Waals surface area contributed by atoms with E-state index in [9.17, 15) is 14.7 Å². The Morgan fingerprint density at radius 3 is 2.23 bits per heavy atom. The monoisotopic (exact) mass is 387 g/mol. The number of hydrogen-bond acceptors (Lipinski definition) is 4. The van der Waals surface area contributed by atoms with Crippen LogP contribution < -0.4 is 5.73 Å². The Bertz CT molecular complexity index is 401. The number of aliphatic hydroxyl groups excluding tert-OH is 1. The molecule has 0 aromatic rings. The molecule has 0 bridgehead atoms. The van der Waals surface area contributed by atoms with Gasteiger partial charge in [0.15, 0.2) is 0 Å². The minimum Gasteiger partial charge on any atom is -0.481 e. The maximum Gasteiger partial charge on any atom is 0.303 e. The zero-order valence-electron chi connectivity index (χ0n) is 16.2. The minimum absolute atomic E-state index is 0.0556. The average Bonchev–Trinajstić information content (AvgIpc) is 2.59. The number of carboxylic acid groups (broad SMARTS) is 1. The highest BCUT2D eigenvalue weighted by molar-refractivity contribution is 8.00. The number of rotatable bonds is 18. The Labute approximate surface area is 162 Å². The van der Waals surface area contributed by atoms with Crippen LogP contribution in [0.4, 0.5) is 0 Å². The fourth-order valence-corrected chi connectivity index (χ4v) is 3.82. The number of primary amides is 1. The molecule has 0 spiro atoms. The van der Waals surface area contributed by atoms with E-state index >= 15 is 0 Å². The molecule has 26 heavy (non-hydrogen) atoms. The number of unbranched alkanes of at least 4 members (excludes halogenated alkanes) is 8. The molecule has 1 amide bonds. The van der Waals surface area contributed by atoms with Gasteiger partial charge in [0.25, 0.3) is 0 Å². The first-order chi connectivity index (χ1) is 12.5. The van der Waals surface area contributed by atoms with Crippen molar-refractivity contribution in [3.63, 3.8) is 0 Å². The number of carboxylic acids is 1. The van der Waals surface area contributed by atoms with Crippen molar-refractivity contribution >= 4 is 23.6 Å². The Hall–Kier alpha value is -1.01. The number of carbonyl (C=O) groups excluding carboxylic acids is 1. The van der Waals surface area contributed by atoms with E-state index in [0.29, 0.717) is 5.75 Å². The Morgan fingerprint density at radius 2 is 1.65 bits per heavy atom. The molecule has 2 unspecified atom stereocenters. The molecule has 0 aliphatic rings. The highest BCUT2D eigenvalue weighted by Crippen LogP contribution is 2.21. The number of thioether (sulfide) groups is 1. The quantitative estimate of drug-likeness (QED) is 0.241. The minimum atomic E-state index is -0.909. The van der Waals surface area contributed by atoms with Crippen molar-refractivity contribution in [2.75, 3.05) is 5.75 Å². The normalized spacial score (nSPS) is 13.8. The van der Waals surface area contributed by atoms with Crippen LogP contribution >= 0.6 is 11.8 Å². The van der Waals surface area contributed by atoms with Crippen LogP contribution in [0, 0.1) is 0 Å². The van der Waals surface area contributed by atoms with Gasteiger partial charge in [-0.15, -0.1) is 0 Å². The smallest absolute Gasteiger partial charge is 0.303 e. The SMILES string of the molecule is CCCCCCCCCC/C=C\C(SCCC(N)=O)C(O)CCC(=O)O. The van der Waals surface area contributed by atoms with Gasteiger partial charge in [0.1, 0.15) is 0 Å². The first-order valence-electron chi connectivity index (χ1n) is 9.93. The van der Waals surface area contributed by atoms with Crippen LogP contribution in [0.15, 0.2) is 12.2 Å².